The van der Waals surface area contributed by atoms with Crippen molar-refractivity contribution in [3.63, 3.8) is 0 Å². The van der Waals surface area contributed by atoms with E-state index in [2.05, 4.69) is 16.7 Å². The smallest absolute Gasteiger partial charge is 0.245 e. The van der Waals surface area contributed by atoms with E-state index in [1.165, 1.54) is 12.5 Å². The van der Waals surface area contributed by atoms with Gasteiger partial charge < -0.3 is 15.5 Å². The number of nitrogens with zero attached hydrogens (tertiary/aromatic N) is 1. The molecule has 0 spiro atoms. The lowest BCUT2D eigenvalue weighted by molar-refractivity contribution is -0.133. The highest BCUT2D eigenvalue weighted by atomic mass is 16.2. The van der Waals surface area contributed by atoms with E-state index in [9.17, 15) is 9.59 Å². The van der Waals surface area contributed by atoms with Crippen molar-refractivity contribution in [1.29, 1.82) is 0 Å². The van der Waals surface area contributed by atoms with E-state index in [4.69, 9.17) is 0 Å². The minimum absolute atomic E-state index is 0.00712. The molecule has 1 unspecified atom stereocenters. The van der Waals surface area contributed by atoms with Gasteiger partial charge in [0.05, 0.1) is 0 Å². The fraction of sp³-hybridized carbons (Fsp3) is 0.500. The summed E-state index contributed by atoms with van der Waals surface area (Å²) in [6.45, 7) is 2.98. The van der Waals surface area contributed by atoms with Crippen molar-refractivity contribution in [1.82, 2.24) is 10.2 Å². The molecule has 1 atom stereocenters. The number of fused-ring (bicyclic) bond motifs is 1. The number of para-hydroxylation sites is 1. The number of carbonyl (C=O) groups is 2. The second-order valence-corrected chi connectivity index (χ2v) is 5.86. The van der Waals surface area contributed by atoms with Gasteiger partial charge in [-0.05, 0) is 24.5 Å². The van der Waals surface area contributed by atoms with Gasteiger partial charge in [0, 0.05) is 38.2 Å². The van der Waals surface area contributed by atoms with E-state index in [0.29, 0.717) is 0 Å². The van der Waals surface area contributed by atoms with Crippen LogP contribution in [0.15, 0.2) is 24.3 Å². The van der Waals surface area contributed by atoms with E-state index >= 15 is 0 Å². The summed E-state index contributed by atoms with van der Waals surface area (Å²) in [5, 5.41) is 6.25. The second kappa shape index (κ2) is 5.76. The van der Waals surface area contributed by atoms with E-state index < -0.39 is 0 Å². The van der Waals surface area contributed by atoms with Gasteiger partial charge in [-0.15, -0.1) is 0 Å². The van der Waals surface area contributed by atoms with Crippen LogP contribution in [0.25, 0.3) is 0 Å². The molecule has 1 fully saturated rings. The molecule has 5 heteroatoms. The third-order valence-electron chi connectivity index (χ3n) is 4.28. The summed E-state index contributed by atoms with van der Waals surface area (Å²) in [6, 6.07) is 8.15. The van der Waals surface area contributed by atoms with E-state index in [-0.39, 0.29) is 23.9 Å². The van der Waals surface area contributed by atoms with Crippen molar-refractivity contribution < 1.29 is 9.59 Å². The van der Waals surface area contributed by atoms with Crippen LogP contribution >= 0.6 is 0 Å². The van der Waals surface area contributed by atoms with Crippen molar-refractivity contribution in [2.24, 2.45) is 0 Å². The maximum Gasteiger partial charge on any atom is 0.245 e. The fourth-order valence-corrected chi connectivity index (χ4v) is 3.20. The Morgan fingerprint density at radius 1 is 1.24 bits per heavy atom. The number of hydrogen-bond donors (Lipinski definition) is 2. The molecule has 1 saturated heterocycles. The van der Waals surface area contributed by atoms with Crippen LogP contribution < -0.4 is 10.6 Å². The van der Waals surface area contributed by atoms with Gasteiger partial charge in [-0.25, -0.2) is 0 Å². The molecule has 1 aromatic carbocycles. The number of rotatable bonds is 2. The van der Waals surface area contributed by atoms with Crippen LogP contribution in [0.1, 0.15) is 25.3 Å². The van der Waals surface area contributed by atoms with Crippen molar-refractivity contribution in [2.45, 2.75) is 38.3 Å². The monoisotopic (exact) mass is 287 g/mol. The molecular weight excluding hydrogens is 266 g/mol. The van der Waals surface area contributed by atoms with Gasteiger partial charge in [-0.2, -0.15) is 0 Å². The Morgan fingerprint density at radius 3 is 2.62 bits per heavy atom. The molecule has 0 aliphatic carbocycles. The molecular formula is C16H21N3O2. The number of hydrogen-bond acceptors (Lipinski definition) is 3. The summed E-state index contributed by atoms with van der Waals surface area (Å²) in [5.74, 6) is 0.181. The van der Waals surface area contributed by atoms with Crippen LogP contribution in [-0.4, -0.2) is 41.9 Å². The van der Waals surface area contributed by atoms with E-state index in [1.807, 2.05) is 23.1 Å². The van der Waals surface area contributed by atoms with E-state index in [0.717, 1.165) is 38.0 Å². The summed E-state index contributed by atoms with van der Waals surface area (Å²) < 4.78 is 0. The molecule has 2 heterocycles. The molecule has 0 bridgehead atoms. The first-order valence-electron chi connectivity index (χ1n) is 7.54. The summed E-state index contributed by atoms with van der Waals surface area (Å²) in [4.78, 5) is 25.6. The Bertz CT molecular complexity index is 525. The first-order valence-corrected chi connectivity index (χ1v) is 7.54. The van der Waals surface area contributed by atoms with Gasteiger partial charge in [0.25, 0.3) is 0 Å². The Labute approximate surface area is 124 Å². The number of anilines is 1. The Balaban J connectivity index is 1.55. The normalized spacial score (nSPS) is 21.6. The zero-order chi connectivity index (χ0) is 14.8. The Kier molecular flexibility index (Phi) is 3.82. The molecule has 5 nitrogen and oxygen atoms in total. The summed E-state index contributed by atoms with van der Waals surface area (Å²) in [6.07, 6.45) is 2.44. The topological polar surface area (TPSA) is 61.4 Å². The molecule has 2 aliphatic heterocycles. The molecule has 2 aliphatic rings. The zero-order valence-electron chi connectivity index (χ0n) is 12.3. The van der Waals surface area contributed by atoms with Gasteiger partial charge in [0.1, 0.15) is 6.04 Å². The van der Waals surface area contributed by atoms with E-state index in [1.54, 1.807) is 0 Å². The third kappa shape index (κ3) is 3.01. The predicted molar refractivity (Wildman–Crippen MR) is 81.0 cm³/mol. The second-order valence-electron chi connectivity index (χ2n) is 5.86. The molecule has 0 radical (unpaired) electrons. The molecule has 1 aromatic rings. The molecule has 3 rings (SSSR count). The first kappa shape index (κ1) is 13.9. The maximum atomic E-state index is 12.6. The van der Waals surface area contributed by atoms with Crippen LogP contribution in [0.4, 0.5) is 5.69 Å². The lowest BCUT2D eigenvalue weighted by atomic mass is 10.0. The standard InChI is InChI=1S/C16H21N3O2/c1-11(20)17-13-6-8-19(9-7-13)16(21)15-10-12-4-2-3-5-14(12)18-15/h2-5,13,15,18H,6-10H2,1H3,(H,17,20). The number of amides is 2. The van der Waals surface area contributed by atoms with Crippen molar-refractivity contribution in [3.8, 4) is 0 Å². The summed E-state index contributed by atoms with van der Waals surface area (Å²) >= 11 is 0. The lowest BCUT2D eigenvalue weighted by Crippen LogP contribution is -2.50. The molecule has 21 heavy (non-hydrogen) atoms. The van der Waals surface area contributed by atoms with Crippen LogP contribution in [0.2, 0.25) is 0 Å². The molecule has 2 amide bonds. The van der Waals surface area contributed by atoms with Crippen LogP contribution in [0.5, 0.6) is 0 Å². The van der Waals surface area contributed by atoms with Crippen molar-refractivity contribution in [3.05, 3.63) is 29.8 Å². The number of carbonyl (C=O) groups excluding carboxylic acids is 2. The number of nitrogens with one attached hydrogen (secondary N) is 2. The summed E-state index contributed by atoms with van der Waals surface area (Å²) in [5.41, 5.74) is 2.29. The largest absolute Gasteiger partial charge is 0.373 e. The zero-order valence-corrected chi connectivity index (χ0v) is 12.3. The average molecular weight is 287 g/mol. The van der Waals surface area contributed by atoms with Crippen LogP contribution in [-0.2, 0) is 16.0 Å². The van der Waals surface area contributed by atoms with Gasteiger partial charge in [0.15, 0.2) is 0 Å². The van der Waals surface area contributed by atoms with Gasteiger partial charge >= 0.3 is 0 Å². The lowest BCUT2D eigenvalue weighted by Gasteiger charge is -2.33. The molecule has 112 valence electrons. The SMILES string of the molecule is CC(=O)NC1CCN(C(=O)C2Cc3ccccc3N2)CC1. The highest BCUT2D eigenvalue weighted by molar-refractivity contribution is 5.87. The predicted octanol–water partition coefficient (Wildman–Crippen LogP) is 1.15. The van der Waals surface area contributed by atoms with Gasteiger partial charge in [-0.1, -0.05) is 18.2 Å². The van der Waals surface area contributed by atoms with Gasteiger partial charge in [0.2, 0.25) is 11.8 Å². The highest BCUT2D eigenvalue weighted by Crippen LogP contribution is 2.26. The van der Waals surface area contributed by atoms with Crippen LogP contribution in [0, 0.1) is 0 Å². The maximum absolute atomic E-state index is 12.6. The number of piperidine rings is 1. The number of likely N-dealkylation sites (tertiary alicyclic amines) is 1. The van der Waals surface area contributed by atoms with Crippen LogP contribution in [0.3, 0.4) is 0 Å². The summed E-state index contributed by atoms with van der Waals surface area (Å²) in [7, 11) is 0. The Morgan fingerprint density at radius 2 is 1.95 bits per heavy atom. The molecule has 0 aromatic heterocycles. The third-order valence-corrected chi connectivity index (χ3v) is 4.28. The first-order chi connectivity index (χ1) is 10.1. The van der Waals surface area contributed by atoms with Crippen molar-refractivity contribution in [2.75, 3.05) is 18.4 Å². The van der Waals surface area contributed by atoms with Crippen molar-refractivity contribution >= 4 is 17.5 Å². The minimum Gasteiger partial charge on any atom is -0.373 e. The highest BCUT2D eigenvalue weighted by Gasteiger charge is 2.32. The quantitative estimate of drug-likeness (QED) is 0.858. The fourth-order valence-electron chi connectivity index (χ4n) is 3.20. The minimum atomic E-state index is -0.139. The average Bonchev–Trinajstić information content (AvgIpc) is 2.90. The molecule has 0 saturated carbocycles. The Hall–Kier alpha value is -2.04. The van der Waals surface area contributed by atoms with Gasteiger partial charge in [-0.3, -0.25) is 9.59 Å². The number of benzene rings is 1. The molecule has 2 N–H and O–H groups in total.